The van der Waals surface area contributed by atoms with Crippen molar-refractivity contribution in [1.82, 2.24) is 35.3 Å². The number of carbonyl (C=O) groups excluding carboxylic acids is 4. The number of ether oxygens (including phenoxy) is 1. The second-order valence-electron chi connectivity index (χ2n) is 18.1. The summed E-state index contributed by atoms with van der Waals surface area (Å²) in [5, 5.41) is 20.4. The zero-order chi connectivity index (χ0) is 45.1. The third-order valence-corrected chi connectivity index (χ3v) is 13.8. The second kappa shape index (κ2) is 19.6. The van der Waals surface area contributed by atoms with Gasteiger partial charge in [0, 0.05) is 59.7 Å². The number of imidazole rings is 1. The molecule has 2 saturated carbocycles. The number of aliphatic hydroxyl groups excluding tert-OH is 1. The Morgan fingerprint density at radius 3 is 2.41 bits per heavy atom. The fourth-order valence-corrected chi connectivity index (χ4v) is 9.50. The van der Waals surface area contributed by atoms with Gasteiger partial charge in [0.15, 0.2) is 0 Å². The minimum atomic E-state index is -1.39. The minimum Gasteiger partial charge on any atom is -0.457 e. The average Bonchev–Trinajstić information content (AvgIpc) is 4.00. The van der Waals surface area contributed by atoms with Crippen molar-refractivity contribution in [1.29, 1.82) is 0 Å². The summed E-state index contributed by atoms with van der Waals surface area (Å²) in [6, 6.07) is 15.0. The van der Waals surface area contributed by atoms with Gasteiger partial charge >= 0.3 is 0 Å². The molecule has 3 aromatic carbocycles. The van der Waals surface area contributed by atoms with Gasteiger partial charge in [-0.2, -0.15) is 0 Å². The van der Waals surface area contributed by atoms with Crippen LogP contribution in [0.3, 0.4) is 0 Å². The Bertz CT molecular complexity index is 2350. The van der Waals surface area contributed by atoms with Crippen molar-refractivity contribution >= 4 is 46.8 Å². The van der Waals surface area contributed by atoms with Crippen LogP contribution in [0.25, 0.3) is 11.3 Å². The van der Waals surface area contributed by atoms with E-state index in [0.717, 1.165) is 41.6 Å². The number of rotatable bonds is 13. The van der Waals surface area contributed by atoms with Crippen molar-refractivity contribution < 1.29 is 33.4 Å². The molecule has 4 N–H and O–H groups in total. The molecule has 2 bridgehead atoms. The molecule has 2 saturated heterocycles. The Kier molecular flexibility index (Phi) is 14.0. The van der Waals surface area contributed by atoms with E-state index in [1.165, 1.54) is 37.2 Å². The van der Waals surface area contributed by atoms with E-state index in [9.17, 15) is 24.3 Å². The van der Waals surface area contributed by atoms with E-state index in [4.69, 9.17) is 27.9 Å². The maximum Gasteiger partial charge on any atom is 0.245 e. The summed E-state index contributed by atoms with van der Waals surface area (Å²) in [6.45, 7) is 1.59. The summed E-state index contributed by atoms with van der Waals surface area (Å²) >= 11 is 12.6. The Morgan fingerprint density at radius 2 is 1.72 bits per heavy atom. The lowest BCUT2D eigenvalue weighted by molar-refractivity contribution is -0.148. The first-order valence-electron chi connectivity index (χ1n) is 22.3. The van der Waals surface area contributed by atoms with Gasteiger partial charge in [0.05, 0.1) is 37.1 Å². The molecular formula is C48H56Cl2FN7O6. The van der Waals surface area contributed by atoms with Crippen molar-refractivity contribution in [2.45, 2.75) is 108 Å². The second-order valence-corrected chi connectivity index (χ2v) is 18.9. The zero-order valence-electron chi connectivity index (χ0n) is 36.3. The molecule has 0 unspecified atom stereocenters. The van der Waals surface area contributed by atoms with Gasteiger partial charge in [-0.3, -0.25) is 19.2 Å². The van der Waals surface area contributed by atoms with Gasteiger partial charge < -0.3 is 40.2 Å². The monoisotopic (exact) mass is 915 g/mol. The molecule has 1 aromatic heterocycles. The number of fused-ring (bicyclic) bond motifs is 2. The van der Waals surface area contributed by atoms with Crippen LogP contribution in [-0.2, 0) is 45.7 Å². The molecule has 0 radical (unpaired) electrons. The van der Waals surface area contributed by atoms with Crippen LogP contribution in [0.1, 0.15) is 81.7 Å². The summed E-state index contributed by atoms with van der Waals surface area (Å²) < 4.78 is 24.5. The first-order chi connectivity index (χ1) is 30.8. The van der Waals surface area contributed by atoms with Gasteiger partial charge in [-0.1, -0.05) is 54.6 Å². The van der Waals surface area contributed by atoms with Gasteiger partial charge in [-0.05, 0) is 105 Å². The van der Waals surface area contributed by atoms with E-state index in [0.29, 0.717) is 55.6 Å². The lowest BCUT2D eigenvalue weighted by Crippen LogP contribution is -2.65. The molecule has 4 aliphatic rings. The number of carbonyl (C=O) groups is 4. The van der Waals surface area contributed by atoms with Crippen LogP contribution >= 0.6 is 23.2 Å². The van der Waals surface area contributed by atoms with Crippen molar-refractivity contribution in [3.05, 3.63) is 99.7 Å². The molecule has 2 aliphatic heterocycles. The number of hydrogen-bond donors (Lipinski definition) is 4. The summed E-state index contributed by atoms with van der Waals surface area (Å²) in [4.78, 5) is 65.1. The van der Waals surface area contributed by atoms with Gasteiger partial charge in [-0.15, -0.1) is 0 Å². The number of aliphatic hydroxyl groups is 1. The predicted molar refractivity (Wildman–Crippen MR) is 241 cm³/mol. The zero-order valence-corrected chi connectivity index (χ0v) is 37.8. The topological polar surface area (TPSA) is 158 Å². The first kappa shape index (κ1) is 45.5. The Morgan fingerprint density at radius 1 is 0.969 bits per heavy atom. The number of nitrogens with zero attached hydrogens (tertiary/aromatic N) is 4. The Labute approximate surface area is 383 Å². The molecule has 16 heteroatoms. The van der Waals surface area contributed by atoms with Crippen molar-refractivity contribution in [2.24, 2.45) is 18.9 Å². The highest BCUT2D eigenvalue weighted by molar-refractivity contribution is 6.31. The highest BCUT2D eigenvalue weighted by atomic mass is 35.5. The lowest BCUT2D eigenvalue weighted by atomic mass is 9.81. The largest absolute Gasteiger partial charge is 0.457 e. The van der Waals surface area contributed by atoms with Crippen molar-refractivity contribution in [2.75, 3.05) is 19.7 Å². The molecule has 4 aromatic rings. The van der Waals surface area contributed by atoms with E-state index < -0.39 is 60.2 Å². The van der Waals surface area contributed by atoms with Crippen molar-refractivity contribution in [3.63, 3.8) is 0 Å². The van der Waals surface area contributed by atoms with Crippen LogP contribution in [0.5, 0.6) is 11.5 Å². The van der Waals surface area contributed by atoms with Crippen LogP contribution in [0.4, 0.5) is 4.39 Å². The Balaban J connectivity index is 1.06. The molecule has 340 valence electrons. The van der Waals surface area contributed by atoms with Crippen LogP contribution in [0, 0.1) is 17.7 Å². The highest BCUT2D eigenvalue weighted by Crippen LogP contribution is 2.39. The fraction of sp³-hybridized carbons (Fsp3) is 0.479. The van der Waals surface area contributed by atoms with Gasteiger partial charge in [0.2, 0.25) is 23.6 Å². The van der Waals surface area contributed by atoms with Crippen LogP contribution in [0.15, 0.2) is 66.9 Å². The quantitative estimate of drug-likeness (QED) is 0.115. The number of piperidine rings is 1. The van der Waals surface area contributed by atoms with E-state index in [1.54, 1.807) is 29.2 Å². The maximum absolute atomic E-state index is 16.2. The molecule has 13 nitrogen and oxygen atoms in total. The average molecular weight is 917 g/mol. The molecular weight excluding hydrogens is 860 g/mol. The van der Waals surface area contributed by atoms with Gasteiger partial charge in [-0.25, -0.2) is 9.37 Å². The standard InChI is InChI=1S/C48H56Cl2FN7O6/c1-29-45(61)54-40(27-59)46(62)55-48(23-31-9-13-34(49)14-10-31)17-4-18-57(28-48)47(63)33(19-30-7-8-30)20-44(60)58(29)26-38-39(51)21-35(50)22-42(38)64-37-15-11-32(12-16-37)41-24-53-43(56(41)2)25-52-36-5-3-6-36/h9-16,21-22,24,29-30,33,36,40,52,59H,3-8,17-20,23,25-28H2,1-2H3,(H,54,61)(H,55,62)/t29-,33+,40-,48+/m0/s1. The van der Waals surface area contributed by atoms with Crippen LogP contribution < -0.4 is 20.7 Å². The van der Waals surface area contributed by atoms with E-state index in [1.807, 2.05) is 42.1 Å². The summed E-state index contributed by atoms with van der Waals surface area (Å²) in [5.74, 6) is -2.01. The molecule has 2 aliphatic carbocycles. The normalized spacial score (nSPS) is 23.6. The minimum absolute atomic E-state index is 0.0333. The number of amides is 4. The molecule has 0 spiro atoms. The number of aromatic nitrogens is 2. The highest BCUT2D eigenvalue weighted by Gasteiger charge is 2.44. The molecule has 4 fully saturated rings. The number of nitrogens with one attached hydrogen (secondary N) is 3. The SMILES string of the molecule is C[C@H]1C(=O)N[C@@H](CO)C(=O)N[C@@]2(Cc3ccc(Cl)cc3)CCCN(C2)C(=O)[C@H](CC2CC2)CC(=O)N1Cc1c(F)cc(Cl)cc1Oc1ccc(-c2cnc(CNC3CCC3)n2C)cc1. The van der Waals surface area contributed by atoms with Crippen molar-refractivity contribution in [3.8, 4) is 22.8 Å². The third kappa shape index (κ3) is 10.6. The smallest absolute Gasteiger partial charge is 0.245 e. The number of benzene rings is 3. The van der Waals surface area contributed by atoms with E-state index in [2.05, 4.69) is 20.9 Å². The fourth-order valence-electron chi connectivity index (χ4n) is 9.18. The van der Waals surface area contributed by atoms with Gasteiger partial charge in [0.25, 0.3) is 0 Å². The lowest BCUT2D eigenvalue weighted by Gasteiger charge is -2.45. The first-order valence-corrected chi connectivity index (χ1v) is 23.1. The third-order valence-electron chi connectivity index (χ3n) is 13.4. The number of halogens is 3. The summed E-state index contributed by atoms with van der Waals surface area (Å²) in [7, 11) is 1.97. The maximum atomic E-state index is 16.2. The molecule has 3 heterocycles. The molecule has 8 rings (SSSR count). The number of hydrogen-bond acceptors (Lipinski definition) is 8. The molecule has 64 heavy (non-hydrogen) atoms. The predicted octanol–water partition coefficient (Wildman–Crippen LogP) is 6.70. The van der Waals surface area contributed by atoms with Crippen LogP contribution in [0.2, 0.25) is 10.0 Å². The molecule has 4 amide bonds. The Hall–Kier alpha value is -5.02. The van der Waals surface area contributed by atoms with Gasteiger partial charge in [0.1, 0.15) is 35.2 Å². The van der Waals surface area contributed by atoms with E-state index >= 15 is 4.39 Å². The van der Waals surface area contributed by atoms with E-state index in [-0.39, 0.29) is 41.1 Å². The summed E-state index contributed by atoms with van der Waals surface area (Å²) in [5.41, 5.74) is 1.73. The molecule has 4 atom stereocenters. The van der Waals surface area contributed by atoms with Crippen LogP contribution in [-0.4, -0.2) is 91.4 Å². The summed E-state index contributed by atoms with van der Waals surface area (Å²) in [6.07, 6.45) is 9.07.